The summed E-state index contributed by atoms with van der Waals surface area (Å²) in [4.78, 5) is 120. The van der Waals surface area contributed by atoms with Crippen LogP contribution in [-0.4, -0.2) is 225 Å². The average molecular weight is 1320 g/mol. The molecule has 0 radical (unpaired) electrons. The van der Waals surface area contributed by atoms with Crippen LogP contribution in [0.4, 0.5) is 0 Å². The van der Waals surface area contributed by atoms with Gasteiger partial charge in [0.25, 0.3) is 16.3 Å². The molecule has 15 N–H and O–H groups in total. The van der Waals surface area contributed by atoms with Crippen LogP contribution in [0, 0.1) is 5.92 Å². The molecule has 0 spiro atoms. The third-order valence-electron chi connectivity index (χ3n) is 15.3. The molecule has 3 saturated heterocycles. The van der Waals surface area contributed by atoms with E-state index in [0.717, 1.165) is 37.1 Å². The summed E-state index contributed by atoms with van der Waals surface area (Å²) in [5, 5.41) is 107. The first-order valence-corrected chi connectivity index (χ1v) is 30.5. The van der Waals surface area contributed by atoms with Gasteiger partial charge in [0.15, 0.2) is 11.5 Å². The van der Waals surface area contributed by atoms with E-state index in [2.05, 4.69) is 42.8 Å². The summed E-state index contributed by atoms with van der Waals surface area (Å²) in [5.41, 5.74) is 6.63. The van der Waals surface area contributed by atoms with Crippen molar-refractivity contribution in [1.29, 1.82) is 0 Å². The van der Waals surface area contributed by atoms with Crippen molar-refractivity contribution >= 4 is 74.0 Å². The maximum absolute atomic E-state index is 14.7. The van der Waals surface area contributed by atoms with Gasteiger partial charge in [0.05, 0.1) is 55.4 Å². The number of nitrogens with two attached hydrogens (primary N) is 1. The molecule has 8 rings (SSSR count). The Labute approximate surface area is 545 Å². The second-order valence-corrected chi connectivity index (χ2v) is 24.1. The number of hydrogen-bond acceptors (Lipinski definition) is 24. The van der Waals surface area contributed by atoms with Crippen molar-refractivity contribution in [2.24, 2.45) is 11.7 Å². The van der Waals surface area contributed by atoms with Crippen LogP contribution < -0.4 is 70.8 Å². The molecule has 3 aliphatic rings. The molecule has 3 fully saturated rings. The Kier molecular flexibility index (Phi) is 23.7. The number of phenolic OH excluding ortho intramolecular Hbond substituents is 1. The van der Waals surface area contributed by atoms with Crippen molar-refractivity contribution in [1.82, 2.24) is 51.0 Å². The molecule has 0 bridgehead atoms. The first-order chi connectivity index (χ1) is 42.5. The third-order valence-corrected chi connectivity index (χ3v) is 16.7. The Morgan fingerprint density at radius 3 is 2.12 bits per heavy atom. The number of aromatic hydroxyl groups is 1. The number of ether oxygens (including phenoxy) is 1. The zero-order chi connectivity index (χ0) is 65.6. The number of rotatable bonds is 17. The monoisotopic (exact) mass is 1320 g/mol. The Balaban J connectivity index is 0.0000118. The summed E-state index contributed by atoms with van der Waals surface area (Å²) in [6.45, 7) is 3.20. The number of fused-ring (bicyclic) bond motifs is 3. The summed E-state index contributed by atoms with van der Waals surface area (Å²) >= 11 is 1.34. The zero-order valence-corrected chi connectivity index (χ0v) is 53.0. The van der Waals surface area contributed by atoms with Crippen LogP contribution in [0.3, 0.4) is 0 Å². The van der Waals surface area contributed by atoms with Crippen LogP contribution in [0.25, 0.3) is 26.8 Å². The van der Waals surface area contributed by atoms with E-state index >= 15 is 0 Å². The summed E-state index contributed by atoms with van der Waals surface area (Å²) < 4.78 is 46.0. The Hall–Kier alpha value is -7.45. The Morgan fingerprint density at radius 2 is 1.48 bits per heavy atom. The van der Waals surface area contributed by atoms with Crippen LogP contribution in [-0.2, 0) is 44.0 Å². The molecular formula is C56H68N11NaO21S2. The summed E-state index contributed by atoms with van der Waals surface area (Å²) in [6.07, 6.45) is -13.1. The number of hydrogen-bond donors (Lipinski definition) is 14. The van der Waals surface area contributed by atoms with Crippen molar-refractivity contribution in [3.05, 3.63) is 84.1 Å². The predicted octanol–water partition coefficient (Wildman–Crippen LogP) is -6.83. The molecular weight excluding hydrogens is 1250 g/mol. The number of primary amides is 1. The number of aliphatic hydroxyl groups excluding tert-OH is 7. The fourth-order valence-electron chi connectivity index (χ4n) is 10.5. The van der Waals surface area contributed by atoms with E-state index in [-0.39, 0.29) is 35.1 Å². The summed E-state index contributed by atoms with van der Waals surface area (Å²) in [7, 11) is -5.59. The van der Waals surface area contributed by atoms with E-state index in [0.29, 0.717) is 49.8 Å². The van der Waals surface area contributed by atoms with Gasteiger partial charge in [-0.15, -0.1) is 0 Å². The molecule has 14 atom stereocenters. The SMILES string of the molecule is CCCCOc1ccc(-c2nn3cc(-c4ccc(C(=O)N[C@H]5C[C@@H](O)CNC(=O)C6[C@@H](O)[C@@H](C)CN6C(=O)C([C@H](O)CC(N)=O)NC(=O)C([C@H](O)[C@@H](O)c6ccc(O)c(OS(=O)(=O)[O-])c6)NC(=O)C6C[C@@H](O)CN6C(=O)C([C@@H](C)O)NC5=O)cc4)nc3s2)cc1.[Na+]. The van der Waals surface area contributed by atoms with Gasteiger partial charge in [0.2, 0.25) is 46.3 Å². The number of aromatic nitrogens is 3. The molecule has 5 heterocycles. The van der Waals surface area contributed by atoms with Gasteiger partial charge in [0.1, 0.15) is 59.2 Å². The quantitative estimate of drug-likeness (QED) is 0.0178. The van der Waals surface area contributed by atoms with Crippen LogP contribution in [0.5, 0.6) is 17.2 Å². The van der Waals surface area contributed by atoms with E-state index in [9.17, 15) is 92.2 Å². The molecule has 3 aromatic carbocycles. The molecule has 0 aliphatic carbocycles. The minimum atomic E-state index is -5.59. The fraction of sp³-hybridized carbons (Fsp3) is 0.464. The molecule has 486 valence electrons. The van der Waals surface area contributed by atoms with E-state index in [1.165, 1.54) is 30.4 Å². The number of benzene rings is 3. The van der Waals surface area contributed by atoms with Crippen molar-refractivity contribution in [2.75, 3.05) is 26.2 Å². The molecule has 8 amide bonds. The zero-order valence-electron chi connectivity index (χ0n) is 49.4. The van der Waals surface area contributed by atoms with E-state index in [4.69, 9.17) is 15.5 Å². The molecule has 5 aromatic rings. The molecule has 5 unspecified atom stereocenters. The van der Waals surface area contributed by atoms with Crippen LogP contribution in [0.1, 0.15) is 74.9 Å². The largest absolute Gasteiger partial charge is 1.00 e. The summed E-state index contributed by atoms with van der Waals surface area (Å²) in [6, 6.07) is 2.99. The van der Waals surface area contributed by atoms with Gasteiger partial charge >= 0.3 is 29.6 Å². The standard InChI is InChI=1S/C56H69N11O21S2.Na/c1-4-5-16-87-33-13-10-29(11-14-33)53-64-67-24-35(60-56(67)89-53)27-6-8-28(9-7-27)48(77)59-34-18-31(69)21-58-52(81)44-45(74)25(2)22-66(44)55(83)42(38(72)20-40(57)73)62-51(80)43(47(76)46(75)30-12-15-37(71)39(17-30)88-90(84,85)86)63-50(79)36-19-32(70)23-65(36)54(82)41(26(3)68)61-49(34)78;/h6-15,17,24-26,31-32,34,36,38,41-47,68-72,74-76H,4-5,16,18-23H2,1-3H3,(H2,57,73)(H,58,81)(H,59,77)(H,61,78)(H,62,80)(H,63,79)(H,84,85,86);/q;+1/p-1/t25-,26+,31+,32+,34-,36?,38+,41?,42?,43?,44?,45-,46-,47-;/m0./s1. The molecule has 2 aromatic heterocycles. The molecule has 3 aliphatic heterocycles. The van der Waals surface area contributed by atoms with Crippen molar-refractivity contribution < 1.29 is 131 Å². The molecule has 35 heteroatoms. The number of phenols is 1. The first-order valence-electron chi connectivity index (χ1n) is 28.4. The number of carbonyl (C=O) groups excluding carboxylic acids is 8. The van der Waals surface area contributed by atoms with E-state index < -0.39 is 199 Å². The Bertz CT molecular complexity index is 3570. The van der Waals surface area contributed by atoms with Gasteiger partial charge in [-0.1, -0.05) is 49.8 Å². The molecule has 91 heavy (non-hydrogen) atoms. The van der Waals surface area contributed by atoms with E-state index in [1.807, 2.05) is 24.3 Å². The van der Waals surface area contributed by atoms with Crippen molar-refractivity contribution in [3.8, 4) is 39.1 Å². The number of imidazole rings is 1. The number of unbranched alkanes of at least 4 members (excludes halogenated alkanes) is 1. The van der Waals surface area contributed by atoms with Crippen LogP contribution in [0.2, 0.25) is 0 Å². The smallest absolute Gasteiger partial charge is 0.716 e. The number of amides is 8. The van der Waals surface area contributed by atoms with Gasteiger partial charge in [-0.3, -0.25) is 38.4 Å². The maximum Gasteiger partial charge on any atom is 1.00 e. The average Bonchev–Trinajstić information content (AvgIpc) is 1.75. The topological polar surface area (TPSA) is 497 Å². The normalized spacial score (nSPS) is 25.3. The third kappa shape index (κ3) is 17.2. The van der Waals surface area contributed by atoms with Gasteiger partial charge in [-0.05, 0) is 67.4 Å². The van der Waals surface area contributed by atoms with Gasteiger partial charge < -0.3 is 96.4 Å². The number of nitrogens with one attached hydrogen (secondary N) is 5. The second-order valence-electron chi connectivity index (χ2n) is 22.1. The second kappa shape index (κ2) is 30.3. The fourth-order valence-corrected chi connectivity index (χ4v) is 11.7. The minimum Gasteiger partial charge on any atom is -0.716 e. The van der Waals surface area contributed by atoms with Gasteiger partial charge in [-0.25, -0.2) is 17.9 Å². The van der Waals surface area contributed by atoms with Gasteiger partial charge in [-0.2, -0.15) is 5.10 Å². The number of nitrogens with zero attached hydrogens (tertiary/aromatic N) is 5. The minimum absolute atomic E-state index is 0. The maximum atomic E-state index is 14.7. The Morgan fingerprint density at radius 1 is 0.835 bits per heavy atom. The van der Waals surface area contributed by atoms with Crippen LogP contribution in [0.15, 0.2) is 72.9 Å². The molecule has 32 nitrogen and oxygen atoms in total. The van der Waals surface area contributed by atoms with Crippen LogP contribution >= 0.6 is 11.3 Å². The van der Waals surface area contributed by atoms with E-state index in [1.54, 1.807) is 22.8 Å². The van der Waals surface area contributed by atoms with Crippen molar-refractivity contribution in [2.45, 2.75) is 132 Å². The number of aliphatic hydroxyl groups is 7. The number of carbonyl (C=O) groups is 8. The van der Waals surface area contributed by atoms with Crippen molar-refractivity contribution in [3.63, 3.8) is 0 Å². The number of β-amino-alcohol motifs (C(OH)–C–C–N with tert-alkyl or cyclic N) is 1. The first kappa shape index (κ1) is 71.0. The molecule has 0 saturated carbocycles. The van der Waals surface area contributed by atoms with Gasteiger partial charge in [0, 0.05) is 55.1 Å². The predicted molar refractivity (Wildman–Crippen MR) is 311 cm³/mol. The summed E-state index contributed by atoms with van der Waals surface area (Å²) in [5.74, 6) is -12.5.